The third-order valence-corrected chi connectivity index (χ3v) is 4.26. The van der Waals surface area contributed by atoms with Crippen molar-refractivity contribution in [3.05, 3.63) is 17.5 Å². The fourth-order valence-electron chi connectivity index (χ4n) is 2.71. The van der Waals surface area contributed by atoms with Gasteiger partial charge in [0.05, 0.1) is 0 Å². The van der Waals surface area contributed by atoms with E-state index in [9.17, 15) is 9.59 Å². The van der Waals surface area contributed by atoms with Gasteiger partial charge in [0.2, 0.25) is 11.9 Å². The zero-order valence-electron chi connectivity index (χ0n) is 15.1. The second-order valence-electron chi connectivity index (χ2n) is 6.27. The van der Waals surface area contributed by atoms with E-state index in [0.717, 1.165) is 25.1 Å². The third-order valence-electron chi connectivity index (χ3n) is 4.26. The van der Waals surface area contributed by atoms with Gasteiger partial charge in [-0.05, 0) is 19.4 Å². The maximum Gasteiger partial charge on any atom is 0.272 e. The van der Waals surface area contributed by atoms with Crippen LogP contribution in [0.5, 0.6) is 0 Å². The number of amides is 2. The highest BCUT2D eigenvalue weighted by Gasteiger charge is 2.24. The van der Waals surface area contributed by atoms with Crippen LogP contribution < -0.4 is 4.90 Å². The molecule has 0 atom stereocenters. The van der Waals surface area contributed by atoms with Crippen LogP contribution in [0.4, 0.5) is 5.95 Å². The van der Waals surface area contributed by atoms with Crippen LogP contribution in [-0.2, 0) is 4.79 Å². The fraction of sp³-hybridized carbons (Fsp3) is 0.647. The maximum absolute atomic E-state index is 12.7. The first-order valence-corrected chi connectivity index (χ1v) is 8.54. The zero-order valence-corrected chi connectivity index (χ0v) is 15.1. The van der Waals surface area contributed by atoms with Crippen molar-refractivity contribution in [2.24, 2.45) is 0 Å². The molecule has 2 rings (SSSR count). The molecule has 0 radical (unpaired) electrons. The van der Waals surface area contributed by atoms with E-state index >= 15 is 0 Å². The standard InChI is InChI=1S/C17H27N5O2/c1-5-6-7-20(4)17-18-13(2)12-15(19-17)16(24)22-10-8-21(9-11-22)14(3)23/h12H,5-11H2,1-4H3. The summed E-state index contributed by atoms with van der Waals surface area (Å²) in [5.74, 6) is 0.558. The van der Waals surface area contributed by atoms with Gasteiger partial charge in [-0.2, -0.15) is 0 Å². The molecule has 0 aliphatic carbocycles. The van der Waals surface area contributed by atoms with Crippen molar-refractivity contribution in [1.82, 2.24) is 19.8 Å². The molecule has 0 saturated carbocycles. The van der Waals surface area contributed by atoms with Gasteiger partial charge in [0, 0.05) is 52.4 Å². The normalized spacial score (nSPS) is 14.7. The summed E-state index contributed by atoms with van der Waals surface area (Å²) in [5.41, 5.74) is 1.21. The molecular formula is C17H27N5O2. The van der Waals surface area contributed by atoms with Gasteiger partial charge in [0.1, 0.15) is 5.69 Å². The van der Waals surface area contributed by atoms with Crippen molar-refractivity contribution >= 4 is 17.8 Å². The molecule has 0 N–H and O–H groups in total. The summed E-state index contributed by atoms with van der Waals surface area (Å²) in [6, 6.07) is 1.73. The predicted molar refractivity (Wildman–Crippen MR) is 93.1 cm³/mol. The van der Waals surface area contributed by atoms with E-state index in [4.69, 9.17) is 0 Å². The minimum Gasteiger partial charge on any atom is -0.344 e. The Balaban J connectivity index is 2.09. The molecule has 0 unspecified atom stereocenters. The van der Waals surface area contributed by atoms with Crippen LogP contribution in [0.1, 0.15) is 42.9 Å². The summed E-state index contributed by atoms with van der Waals surface area (Å²) in [7, 11) is 1.95. The van der Waals surface area contributed by atoms with Gasteiger partial charge in [-0.1, -0.05) is 13.3 Å². The zero-order chi connectivity index (χ0) is 17.7. The number of rotatable bonds is 5. The number of carbonyl (C=O) groups excluding carboxylic acids is 2. The van der Waals surface area contributed by atoms with Gasteiger partial charge in [-0.15, -0.1) is 0 Å². The maximum atomic E-state index is 12.7. The summed E-state index contributed by atoms with van der Waals surface area (Å²) < 4.78 is 0. The van der Waals surface area contributed by atoms with Crippen molar-refractivity contribution in [1.29, 1.82) is 0 Å². The number of aryl methyl sites for hydroxylation is 1. The average molecular weight is 333 g/mol. The lowest BCUT2D eigenvalue weighted by molar-refractivity contribution is -0.130. The molecule has 7 nitrogen and oxygen atoms in total. The summed E-state index contributed by atoms with van der Waals surface area (Å²) in [6.45, 7) is 8.69. The number of hydrogen-bond acceptors (Lipinski definition) is 5. The van der Waals surface area contributed by atoms with Crippen molar-refractivity contribution < 1.29 is 9.59 Å². The predicted octanol–water partition coefficient (Wildman–Crippen LogP) is 1.33. The molecule has 0 aromatic carbocycles. The Kier molecular flexibility index (Phi) is 6.11. The molecule has 0 bridgehead atoms. The van der Waals surface area contributed by atoms with Gasteiger partial charge < -0.3 is 14.7 Å². The number of nitrogens with zero attached hydrogens (tertiary/aromatic N) is 5. The number of piperazine rings is 1. The highest BCUT2D eigenvalue weighted by Crippen LogP contribution is 2.13. The molecule has 0 spiro atoms. The van der Waals surface area contributed by atoms with Gasteiger partial charge in [0.15, 0.2) is 0 Å². The Morgan fingerprint density at radius 2 is 1.79 bits per heavy atom. The van der Waals surface area contributed by atoms with E-state index in [1.54, 1.807) is 22.8 Å². The number of carbonyl (C=O) groups is 2. The number of aromatic nitrogens is 2. The van der Waals surface area contributed by atoms with Crippen LogP contribution in [0.2, 0.25) is 0 Å². The Bertz CT molecular complexity index is 597. The quantitative estimate of drug-likeness (QED) is 0.813. The molecule has 132 valence electrons. The smallest absolute Gasteiger partial charge is 0.272 e. The Morgan fingerprint density at radius 3 is 2.38 bits per heavy atom. The molecular weight excluding hydrogens is 306 g/mol. The van der Waals surface area contributed by atoms with Crippen LogP contribution in [0, 0.1) is 6.92 Å². The fourth-order valence-corrected chi connectivity index (χ4v) is 2.71. The highest BCUT2D eigenvalue weighted by molar-refractivity contribution is 5.93. The van der Waals surface area contributed by atoms with Gasteiger partial charge in [0.25, 0.3) is 5.91 Å². The Morgan fingerprint density at radius 1 is 1.17 bits per heavy atom. The van der Waals surface area contributed by atoms with Crippen LogP contribution in [0.25, 0.3) is 0 Å². The van der Waals surface area contributed by atoms with Crippen LogP contribution in [0.3, 0.4) is 0 Å². The first-order valence-electron chi connectivity index (χ1n) is 8.54. The Hall–Kier alpha value is -2.18. The minimum atomic E-state index is -0.0890. The largest absolute Gasteiger partial charge is 0.344 e. The molecule has 1 aliphatic rings. The lowest BCUT2D eigenvalue weighted by Crippen LogP contribution is -2.50. The Labute approximate surface area is 143 Å². The summed E-state index contributed by atoms with van der Waals surface area (Å²) in [4.78, 5) is 38.5. The molecule has 1 aliphatic heterocycles. The average Bonchev–Trinajstić information content (AvgIpc) is 2.58. The SMILES string of the molecule is CCCCN(C)c1nc(C)cc(C(=O)N2CCN(C(C)=O)CC2)n1. The van der Waals surface area contributed by atoms with Crippen molar-refractivity contribution in [3.8, 4) is 0 Å². The van der Waals surface area contributed by atoms with Crippen molar-refractivity contribution in [3.63, 3.8) is 0 Å². The monoisotopic (exact) mass is 333 g/mol. The lowest BCUT2D eigenvalue weighted by atomic mass is 10.2. The molecule has 1 aromatic rings. The van der Waals surface area contributed by atoms with E-state index in [1.807, 2.05) is 18.9 Å². The topological polar surface area (TPSA) is 69.6 Å². The first kappa shape index (κ1) is 18.2. The van der Waals surface area contributed by atoms with E-state index < -0.39 is 0 Å². The lowest BCUT2D eigenvalue weighted by Gasteiger charge is -2.34. The summed E-state index contributed by atoms with van der Waals surface area (Å²) in [5, 5.41) is 0. The molecule has 2 heterocycles. The van der Waals surface area contributed by atoms with Crippen molar-refractivity contribution in [2.75, 3.05) is 44.7 Å². The van der Waals surface area contributed by atoms with E-state index in [1.165, 1.54) is 0 Å². The minimum absolute atomic E-state index is 0.0554. The molecule has 2 amide bonds. The second kappa shape index (κ2) is 8.08. The molecule has 1 saturated heterocycles. The van der Waals surface area contributed by atoms with E-state index in [0.29, 0.717) is 37.8 Å². The van der Waals surface area contributed by atoms with E-state index in [-0.39, 0.29) is 11.8 Å². The number of unbranched alkanes of at least 4 members (excludes halogenated alkanes) is 1. The van der Waals surface area contributed by atoms with Gasteiger partial charge in [-0.25, -0.2) is 9.97 Å². The number of anilines is 1. The third kappa shape index (κ3) is 4.43. The first-order chi connectivity index (χ1) is 11.4. The number of hydrogen-bond donors (Lipinski definition) is 0. The second-order valence-corrected chi connectivity index (χ2v) is 6.27. The van der Waals surface area contributed by atoms with Crippen molar-refractivity contribution in [2.45, 2.75) is 33.6 Å². The molecule has 1 fully saturated rings. The van der Waals surface area contributed by atoms with Gasteiger partial charge in [-0.3, -0.25) is 9.59 Å². The summed E-state index contributed by atoms with van der Waals surface area (Å²) >= 11 is 0. The summed E-state index contributed by atoms with van der Waals surface area (Å²) in [6.07, 6.45) is 2.16. The highest BCUT2D eigenvalue weighted by atomic mass is 16.2. The molecule has 24 heavy (non-hydrogen) atoms. The van der Waals surface area contributed by atoms with E-state index in [2.05, 4.69) is 16.9 Å². The molecule has 7 heteroatoms. The van der Waals surface area contributed by atoms with Crippen LogP contribution in [0.15, 0.2) is 6.07 Å². The van der Waals surface area contributed by atoms with Crippen LogP contribution >= 0.6 is 0 Å². The van der Waals surface area contributed by atoms with Crippen LogP contribution in [-0.4, -0.2) is 71.4 Å². The van der Waals surface area contributed by atoms with Gasteiger partial charge >= 0.3 is 0 Å². The molecule has 1 aromatic heterocycles.